The Morgan fingerprint density at radius 3 is 2.67 bits per heavy atom. The van der Waals surface area contributed by atoms with Crippen LogP contribution >= 0.6 is 12.4 Å². The average molecular weight is 226 g/mol. The molecule has 2 rings (SSSR count). The van der Waals surface area contributed by atoms with Crippen molar-refractivity contribution < 1.29 is 0 Å². The Labute approximate surface area is 95.5 Å². The molecule has 0 spiro atoms. The quantitative estimate of drug-likeness (QED) is 0.815. The van der Waals surface area contributed by atoms with E-state index in [0.29, 0.717) is 6.54 Å². The predicted molar refractivity (Wildman–Crippen MR) is 66.1 cm³/mol. The second-order valence-corrected chi connectivity index (χ2v) is 3.55. The minimum absolute atomic E-state index is 0. The van der Waals surface area contributed by atoms with Gasteiger partial charge in [0, 0.05) is 36.7 Å². The number of para-hydroxylation sites is 1. The molecule has 4 N–H and O–H groups in total. The summed E-state index contributed by atoms with van der Waals surface area (Å²) in [7, 11) is 2.02. The third-order valence-corrected chi connectivity index (χ3v) is 2.58. The first kappa shape index (κ1) is 12.0. The summed E-state index contributed by atoms with van der Waals surface area (Å²) in [6.07, 6.45) is 2.06. The Morgan fingerprint density at radius 2 is 2.00 bits per heavy atom. The van der Waals surface area contributed by atoms with Crippen molar-refractivity contribution in [1.29, 1.82) is 0 Å². The summed E-state index contributed by atoms with van der Waals surface area (Å²) in [5.74, 6) is 0. The number of hydrogen-bond acceptors (Lipinski definition) is 2. The van der Waals surface area contributed by atoms with Crippen LogP contribution in [0.1, 0.15) is 11.6 Å². The van der Waals surface area contributed by atoms with Gasteiger partial charge in [0.1, 0.15) is 0 Å². The lowest BCUT2D eigenvalue weighted by atomic mass is 10.1. The molecule has 15 heavy (non-hydrogen) atoms. The molecule has 3 nitrogen and oxygen atoms in total. The summed E-state index contributed by atoms with van der Waals surface area (Å²) in [4.78, 5) is 0. The lowest BCUT2D eigenvalue weighted by Gasteiger charge is -2.06. The van der Waals surface area contributed by atoms with Crippen LogP contribution in [0.3, 0.4) is 0 Å². The molecule has 1 atom stereocenters. The van der Waals surface area contributed by atoms with Gasteiger partial charge >= 0.3 is 0 Å². The van der Waals surface area contributed by atoms with Crippen LogP contribution in [0.15, 0.2) is 30.5 Å². The van der Waals surface area contributed by atoms with E-state index in [0.717, 1.165) is 5.56 Å². The maximum atomic E-state index is 5.94. The Balaban J connectivity index is 0.00000112. The van der Waals surface area contributed by atoms with E-state index in [1.54, 1.807) is 0 Å². The second-order valence-electron chi connectivity index (χ2n) is 3.55. The molecule has 0 bridgehead atoms. The maximum absolute atomic E-state index is 5.94. The van der Waals surface area contributed by atoms with Crippen LogP contribution in [0, 0.1) is 0 Å². The van der Waals surface area contributed by atoms with Gasteiger partial charge in [-0.15, -0.1) is 12.4 Å². The van der Waals surface area contributed by atoms with Gasteiger partial charge in [-0.1, -0.05) is 18.2 Å². The summed E-state index contributed by atoms with van der Waals surface area (Å²) in [5, 5.41) is 1.20. The number of rotatable bonds is 2. The van der Waals surface area contributed by atoms with Gasteiger partial charge in [-0.2, -0.15) is 0 Å². The van der Waals surface area contributed by atoms with Crippen molar-refractivity contribution in [2.75, 3.05) is 6.54 Å². The van der Waals surface area contributed by atoms with E-state index in [9.17, 15) is 0 Å². The summed E-state index contributed by atoms with van der Waals surface area (Å²) >= 11 is 0. The van der Waals surface area contributed by atoms with Gasteiger partial charge in [0.2, 0.25) is 0 Å². The molecular weight excluding hydrogens is 210 g/mol. The summed E-state index contributed by atoms with van der Waals surface area (Å²) in [6.45, 7) is 0.480. The number of nitrogens with zero attached hydrogens (tertiary/aromatic N) is 1. The lowest BCUT2D eigenvalue weighted by molar-refractivity contribution is 0.738. The minimum Gasteiger partial charge on any atom is -0.350 e. The topological polar surface area (TPSA) is 57.0 Å². The Hall–Kier alpha value is -1.03. The molecule has 1 heterocycles. The first-order valence-corrected chi connectivity index (χ1v) is 4.73. The van der Waals surface area contributed by atoms with Gasteiger partial charge in [-0.3, -0.25) is 0 Å². The Bertz CT molecular complexity index is 450. The van der Waals surface area contributed by atoms with E-state index < -0.39 is 0 Å². The molecule has 0 unspecified atom stereocenters. The van der Waals surface area contributed by atoms with E-state index in [1.807, 2.05) is 19.2 Å². The molecule has 0 aliphatic heterocycles. The molecule has 4 heteroatoms. The number of aromatic nitrogens is 1. The van der Waals surface area contributed by atoms with E-state index >= 15 is 0 Å². The normalized spacial score (nSPS) is 12.5. The van der Waals surface area contributed by atoms with Gasteiger partial charge in [-0.05, 0) is 11.6 Å². The smallest absolute Gasteiger partial charge is 0.0481 e. The van der Waals surface area contributed by atoms with Crippen molar-refractivity contribution >= 4 is 23.3 Å². The zero-order chi connectivity index (χ0) is 10.1. The lowest BCUT2D eigenvalue weighted by Crippen LogP contribution is -2.20. The highest BCUT2D eigenvalue weighted by atomic mass is 35.5. The monoisotopic (exact) mass is 225 g/mol. The number of fused-ring (bicyclic) bond motifs is 1. The highest BCUT2D eigenvalue weighted by molar-refractivity contribution is 5.85. The number of halogens is 1. The Morgan fingerprint density at radius 1 is 1.33 bits per heavy atom. The van der Waals surface area contributed by atoms with Crippen molar-refractivity contribution in [3.05, 3.63) is 36.0 Å². The zero-order valence-electron chi connectivity index (χ0n) is 8.68. The molecule has 0 aliphatic rings. The fourth-order valence-corrected chi connectivity index (χ4v) is 1.80. The van der Waals surface area contributed by atoms with Gasteiger partial charge in [-0.25, -0.2) is 0 Å². The SMILES string of the molecule is Cl.Cn1cc([C@H](N)CN)c2ccccc21. The van der Waals surface area contributed by atoms with Crippen LogP contribution in [0.4, 0.5) is 0 Å². The molecule has 0 saturated carbocycles. The van der Waals surface area contributed by atoms with Crippen LogP contribution in [-0.2, 0) is 7.05 Å². The minimum atomic E-state index is -0.0684. The van der Waals surface area contributed by atoms with E-state index in [4.69, 9.17) is 11.5 Å². The number of benzene rings is 1. The van der Waals surface area contributed by atoms with Crippen molar-refractivity contribution in [1.82, 2.24) is 4.57 Å². The third-order valence-electron chi connectivity index (χ3n) is 2.58. The van der Waals surface area contributed by atoms with Crippen LogP contribution in [0.5, 0.6) is 0 Å². The van der Waals surface area contributed by atoms with Crippen LogP contribution in [-0.4, -0.2) is 11.1 Å². The largest absolute Gasteiger partial charge is 0.350 e. The van der Waals surface area contributed by atoms with Crippen molar-refractivity contribution in [3.63, 3.8) is 0 Å². The fraction of sp³-hybridized carbons (Fsp3) is 0.273. The summed E-state index contributed by atoms with van der Waals surface area (Å²) < 4.78 is 2.08. The average Bonchev–Trinajstić information content (AvgIpc) is 2.56. The van der Waals surface area contributed by atoms with Crippen LogP contribution in [0.2, 0.25) is 0 Å². The van der Waals surface area contributed by atoms with Gasteiger partial charge in [0.05, 0.1) is 0 Å². The first-order valence-electron chi connectivity index (χ1n) is 4.73. The molecule has 1 aromatic carbocycles. The summed E-state index contributed by atoms with van der Waals surface area (Å²) in [6, 6.07) is 8.15. The third kappa shape index (κ3) is 2.00. The molecule has 0 saturated heterocycles. The van der Waals surface area contributed by atoms with Crippen LogP contribution < -0.4 is 11.5 Å². The Kier molecular flexibility index (Phi) is 3.74. The maximum Gasteiger partial charge on any atom is 0.0481 e. The zero-order valence-corrected chi connectivity index (χ0v) is 9.50. The second kappa shape index (κ2) is 4.66. The number of aryl methyl sites for hydroxylation is 1. The highest BCUT2D eigenvalue weighted by Gasteiger charge is 2.10. The van der Waals surface area contributed by atoms with Crippen molar-refractivity contribution in [3.8, 4) is 0 Å². The highest BCUT2D eigenvalue weighted by Crippen LogP contribution is 2.23. The fourth-order valence-electron chi connectivity index (χ4n) is 1.80. The predicted octanol–water partition coefficient (Wildman–Crippen LogP) is 1.56. The van der Waals surface area contributed by atoms with E-state index in [2.05, 4.69) is 22.9 Å². The van der Waals surface area contributed by atoms with E-state index in [1.165, 1.54) is 10.9 Å². The van der Waals surface area contributed by atoms with E-state index in [-0.39, 0.29) is 18.4 Å². The molecule has 0 fully saturated rings. The molecule has 0 amide bonds. The van der Waals surface area contributed by atoms with Gasteiger partial charge < -0.3 is 16.0 Å². The van der Waals surface area contributed by atoms with Crippen molar-refractivity contribution in [2.24, 2.45) is 18.5 Å². The molecule has 2 aromatic rings. The van der Waals surface area contributed by atoms with Gasteiger partial charge in [0.15, 0.2) is 0 Å². The van der Waals surface area contributed by atoms with Crippen molar-refractivity contribution in [2.45, 2.75) is 6.04 Å². The molecule has 82 valence electrons. The first-order chi connectivity index (χ1) is 6.74. The number of nitrogens with two attached hydrogens (primary N) is 2. The molecule has 0 radical (unpaired) electrons. The summed E-state index contributed by atoms with van der Waals surface area (Å²) in [5.41, 5.74) is 13.8. The van der Waals surface area contributed by atoms with Crippen LogP contribution in [0.25, 0.3) is 10.9 Å². The molecule has 0 aliphatic carbocycles. The van der Waals surface area contributed by atoms with Gasteiger partial charge in [0.25, 0.3) is 0 Å². The number of hydrogen-bond donors (Lipinski definition) is 2. The molecular formula is C11H16ClN3. The molecule has 1 aromatic heterocycles. The standard InChI is InChI=1S/C11H15N3.ClH/c1-14-7-9(10(13)6-12)8-4-2-3-5-11(8)14;/h2-5,7,10H,6,12-13H2,1H3;1H/t10-;/m1./s1.